The topological polar surface area (TPSA) is 111 Å². The molecule has 1 atom stereocenters. The third-order valence-electron chi connectivity index (χ3n) is 5.10. The summed E-state index contributed by atoms with van der Waals surface area (Å²) in [6.45, 7) is 4.38. The Hall–Kier alpha value is -3.88. The maximum absolute atomic E-state index is 12.4. The summed E-state index contributed by atoms with van der Waals surface area (Å²) in [5, 5.41) is 2.60. The number of esters is 2. The lowest BCUT2D eigenvalue weighted by Crippen LogP contribution is -2.28. The lowest BCUT2D eigenvalue weighted by atomic mass is 10.1. The molecule has 1 aliphatic heterocycles. The Balaban J connectivity index is 1.46. The third-order valence-corrected chi connectivity index (χ3v) is 5.10. The molecule has 0 bridgehead atoms. The first-order chi connectivity index (χ1) is 16.4. The largest absolute Gasteiger partial charge is 0.494 e. The van der Waals surface area contributed by atoms with E-state index in [2.05, 4.69) is 5.32 Å². The molecule has 0 aromatic heterocycles. The van der Waals surface area contributed by atoms with Gasteiger partial charge in [0.15, 0.2) is 6.61 Å². The van der Waals surface area contributed by atoms with Crippen molar-refractivity contribution in [1.82, 2.24) is 0 Å². The number of carbonyl (C=O) groups excluding carboxylic acids is 4. The SMILES string of the molecule is CCCOC(=O)c1ccc(NC(=O)COC(=O)[C@@H]2CC(=O)N(c3ccc(OCC)cc3)C2)cc1. The van der Waals surface area contributed by atoms with Gasteiger partial charge in [-0.3, -0.25) is 14.4 Å². The summed E-state index contributed by atoms with van der Waals surface area (Å²) in [7, 11) is 0. The van der Waals surface area contributed by atoms with Crippen LogP contribution in [0.25, 0.3) is 0 Å². The predicted molar refractivity (Wildman–Crippen MR) is 125 cm³/mol. The molecule has 9 nitrogen and oxygen atoms in total. The van der Waals surface area contributed by atoms with Crippen LogP contribution in [0, 0.1) is 5.92 Å². The van der Waals surface area contributed by atoms with Crippen molar-refractivity contribution in [3.8, 4) is 5.75 Å². The highest BCUT2D eigenvalue weighted by molar-refractivity contribution is 6.00. The van der Waals surface area contributed by atoms with Crippen molar-refractivity contribution in [2.24, 2.45) is 5.92 Å². The second-order valence-electron chi connectivity index (χ2n) is 7.70. The van der Waals surface area contributed by atoms with Gasteiger partial charge in [0, 0.05) is 24.3 Å². The van der Waals surface area contributed by atoms with E-state index in [4.69, 9.17) is 14.2 Å². The highest BCUT2D eigenvalue weighted by atomic mass is 16.5. The number of nitrogens with zero attached hydrogens (tertiary/aromatic N) is 1. The van der Waals surface area contributed by atoms with Gasteiger partial charge in [0.25, 0.3) is 5.91 Å². The van der Waals surface area contributed by atoms with Crippen LogP contribution < -0.4 is 15.0 Å². The zero-order valence-corrected chi connectivity index (χ0v) is 19.2. The molecule has 1 N–H and O–H groups in total. The molecular weight excluding hydrogens is 440 g/mol. The van der Waals surface area contributed by atoms with Crippen LogP contribution in [0.4, 0.5) is 11.4 Å². The van der Waals surface area contributed by atoms with Gasteiger partial charge < -0.3 is 24.4 Å². The van der Waals surface area contributed by atoms with Gasteiger partial charge in [-0.2, -0.15) is 0 Å². The van der Waals surface area contributed by atoms with Gasteiger partial charge in [0.2, 0.25) is 5.91 Å². The Labute approximate surface area is 198 Å². The number of hydrogen-bond acceptors (Lipinski definition) is 7. The third kappa shape index (κ3) is 6.57. The molecule has 9 heteroatoms. The van der Waals surface area contributed by atoms with Gasteiger partial charge in [-0.25, -0.2) is 4.79 Å². The first-order valence-corrected chi connectivity index (χ1v) is 11.2. The summed E-state index contributed by atoms with van der Waals surface area (Å²) in [6.07, 6.45) is 0.747. The van der Waals surface area contributed by atoms with E-state index in [1.54, 1.807) is 48.5 Å². The zero-order valence-electron chi connectivity index (χ0n) is 19.2. The fraction of sp³-hybridized carbons (Fsp3) is 0.360. The lowest BCUT2D eigenvalue weighted by molar-refractivity contribution is -0.151. The van der Waals surface area contributed by atoms with Crippen LogP contribution in [0.15, 0.2) is 48.5 Å². The van der Waals surface area contributed by atoms with Crippen LogP contribution in [0.5, 0.6) is 5.75 Å². The molecule has 34 heavy (non-hydrogen) atoms. The van der Waals surface area contributed by atoms with Crippen molar-refractivity contribution >= 4 is 35.1 Å². The number of anilines is 2. The molecule has 0 aliphatic carbocycles. The average Bonchev–Trinajstić information content (AvgIpc) is 3.24. The molecule has 2 aromatic rings. The molecular formula is C25H28N2O7. The lowest BCUT2D eigenvalue weighted by Gasteiger charge is -2.17. The van der Waals surface area contributed by atoms with E-state index in [0.717, 1.165) is 6.42 Å². The Morgan fingerprint density at radius 1 is 1.00 bits per heavy atom. The zero-order chi connectivity index (χ0) is 24.5. The fourth-order valence-electron chi connectivity index (χ4n) is 3.42. The van der Waals surface area contributed by atoms with E-state index in [9.17, 15) is 19.2 Å². The molecule has 0 saturated carbocycles. The van der Waals surface area contributed by atoms with E-state index in [-0.39, 0.29) is 18.9 Å². The molecule has 0 radical (unpaired) electrons. The quantitative estimate of drug-likeness (QED) is 0.533. The number of nitrogens with one attached hydrogen (secondary N) is 1. The van der Waals surface area contributed by atoms with Crippen molar-refractivity contribution in [3.63, 3.8) is 0 Å². The summed E-state index contributed by atoms with van der Waals surface area (Å²) in [4.78, 5) is 50.3. The normalized spacial score (nSPS) is 15.1. The molecule has 0 spiro atoms. The van der Waals surface area contributed by atoms with Crippen LogP contribution in [0.1, 0.15) is 37.0 Å². The fourth-order valence-corrected chi connectivity index (χ4v) is 3.42. The molecule has 1 saturated heterocycles. The maximum atomic E-state index is 12.4. The Morgan fingerprint density at radius 2 is 1.71 bits per heavy atom. The average molecular weight is 469 g/mol. The van der Waals surface area contributed by atoms with Crippen molar-refractivity contribution < 1.29 is 33.4 Å². The van der Waals surface area contributed by atoms with E-state index in [1.165, 1.54) is 4.90 Å². The monoisotopic (exact) mass is 468 g/mol. The van der Waals surface area contributed by atoms with Gasteiger partial charge in [0.05, 0.1) is 24.7 Å². The Morgan fingerprint density at radius 3 is 2.35 bits per heavy atom. The minimum Gasteiger partial charge on any atom is -0.494 e. The van der Waals surface area contributed by atoms with Gasteiger partial charge in [-0.05, 0) is 61.9 Å². The first-order valence-electron chi connectivity index (χ1n) is 11.2. The molecule has 1 heterocycles. The Bertz CT molecular complexity index is 1020. The molecule has 0 unspecified atom stereocenters. The van der Waals surface area contributed by atoms with Crippen molar-refractivity contribution in [1.29, 1.82) is 0 Å². The first kappa shape index (κ1) is 24.8. The minimum atomic E-state index is -0.653. The molecule has 180 valence electrons. The Kier molecular flexibility index (Phi) is 8.61. The van der Waals surface area contributed by atoms with E-state index >= 15 is 0 Å². The highest BCUT2D eigenvalue weighted by Gasteiger charge is 2.36. The smallest absolute Gasteiger partial charge is 0.338 e. The van der Waals surface area contributed by atoms with E-state index in [1.807, 2.05) is 13.8 Å². The van der Waals surface area contributed by atoms with Crippen LogP contribution in [-0.4, -0.2) is 50.1 Å². The number of hydrogen-bond donors (Lipinski definition) is 1. The summed E-state index contributed by atoms with van der Waals surface area (Å²) < 4.78 is 15.6. The summed E-state index contributed by atoms with van der Waals surface area (Å²) in [5.74, 6) is -1.70. The molecule has 2 aromatic carbocycles. The van der Waals surface area contributed by atoms with Gasteiger partial charge in [-0.1, -0.05) is 6.92 Å². The number of carbonyl (C=O) groups is 4. The molecule has 3 rings (SSSR count). The predicted octanol–water partition coefficient (Wildman–Crippen LogP) is 3.19. The number of amides is 2. The van der Waals surface area contributed by atoms with E-state index < -0.39 is 30.4 Å². The highest BCUT2D eigenvalue weighted by Crippen LogP contribution is 2.27. The van der Waals surface area contributed by atoms with E-state index in [0.29, 0.717) is 35.9 Å². The van der Waals surface area contributed by atoms with Crippen molar-refractivity contribution in [3.05, 3.63) is 54.1 Å². The van der Waals surface area contributed by atoms with Crippen molar-refractivity contribution in [2.75, 3.05) is 36.6 Å². The number of ether oxygens (including phenoxy) is 3. The second kappa shape index (κ2) is 11.8. The summed E-state index contributed by atoms with van der Waals surface area (Å²) in [5.41, 5.74) is 1.50. The summed E-state index contributed by atoms with van der Waals surface area (Å²) in [6, 6.07) is 13.3. The van der Waals surface area contributed by atoms with Crippen LogP contribution in [-0.2, 0) is 23.9 Å². The van der Waals surface area contributed by atoms with Crippen molar-refractivity contribution in [2.45, 2.75) is 26.7 Å². The van der Waals surface area contributed by atoms with Gasteiger partial charge in [0.1, 0.15) is 5.75 Å². The second-order valence-corrected chi connectivity index (χ2v) is 7.70. The maximum Gasteiger partial charge on any atom is 0.338 e. The summed E-state index contributed by atoms with van der Waals surface area (Å²) >= 11 is 0. The van der Waals surface area contributed by atoms with Crippen LogP contribution in [0.3, 0.4) is 0 Å². The number of benzene rings is 2. The van der Waals surface area contributed by atoms with Crippen LogP contribution in [0.2, 0.25) is 0 Å². The minimum absolute atomic E-state index is 0.0171. The van der Waals surface area contributed by atoms with Gasteiger partial charge >= 0.3 is 11.9 Å². The standard InChI is InChI=1S/C25H28N2O7/c1-3-13-33-24(30)17-5-7-19(8-6-17)26-22(28)16-34-25(31)18-14-23(29)27(15-18)20-9-11-21(12-10-20)32-4-2/h5-12,18H,3-4,13-16H2,1-2H3,(H,26,28)/t18-/m1/s1. The van der Waals surface area contributed by atoms with Gasteiger partial charge in [-0.15, -0.1) is 0 Å². The molecule has 1 aliphatic rings. The molecule has 1 fully saturated rings. The van der Waals surface area contributed by atoms with Crippen LogP contribution >= 0.6 is 0 Å². The number of rotatable bonds is 10. The molecule has 2 amide bonds.